The van der Waals surface area contributed by atoms with E-state index in [0.717, 1.165) is 0 Å². The second kappa shape index (κ2) is 3.09. The van der Waals surface area contributed by atoms with Gasteiger partial charge < -0.3 is 9.15 Å². The number of hydrogen-bond donors (Lipinski definition) is 0. The first-order valence-electron chi connectivity index (χ1n) is 4.16. The van der Waals surface area contributed by atoms with E-state index in [9.17, 15) is 4.79 Å². The van der Waals surface area contributed by atoms with Crippen molar-refractivity contribution in [1.82, 2.24) is 0 Å². The van der Waals surface area contributed by atoms with Crippen molar-refractivity contribution in [3.05, 3.63) is 36.0 Å². The predicted molar refractivity (Wildman–Crippen MR) is 45.9 cm³/mol. The summed E-state index contributed by atoms with van der Waals surface area (Å²) in [5, 5.41) is 0. The number of furan rings is 1. The van der Waals surface area contributed by atoms with Crippen molar-refractivity contribution in [1.29, 1.82) is 0 Å². The summed E-state index contributed by atoms with van der Waals surface area (Å²) >= 11 is 0. The molecule has 1 atom stereocenters. The molecule has 0 aromatic carbocycles. The van der Waals surface area contributed by atoms with Crippen LogP contribution in [0.15, 0.2) is 34.6 Å². The van der Waals surface area contributed by atoms with Crippen molar-refractivity contribution in [3.8, 4) is 0 Å². The lowest BCUT2D eigenvalue weighted by molar-refractivity contribution is -0.119. The largest absolute Gasteiger partial charge is 0.489 e. The van der Waals surface area contributed by atoms with Gasteiger partial charge in [0.1, 0.15) is 5.76 Å². The minimum absolute atomic E-state index is 0.118. The van der Waals surface area contributed by atoms with Gasteiger partial charge in [0.15, 0.2) is 11.9 Å². The van der Waals surface area contributed by atoms with E-state index in [1.54, 1.807) is 19.3 Å². The predicted octanol–water partition coefficient (Wildman–Crippen LogP) is 2.21. The van der Waals surface area contributed by atoms with Crippen LogP contribution in [0.2, 0.25) is 0 Å². The standard InChI is InChI=1S/C10H10O3/c1-7-6-13-10(5-8(7)11)9-3-2-4-12-9/h2-4,6,10H,5H2,1H3. The van der Waals surface area contributed by atoms with Gasteiger partial charge in [0.25, 0.3) is 0 Å². The van der Waals surface area contributed by atoms with Crippen LogP contribution in [0.3, 0.4) is 0 Å². The molecule has 0 amide bonds. The average Bonchev–Trinajstić information content (AvgIpc) is 2.62. The van der Waals surface area contributed by atoms with Crippen molar-refractivity contribution >= 4 is 5.78 Å². The number of ether oxygens (including phenoxy) is 1. The van der Waals surface area contributed by atoms with Crippen molar-refractivity contribution in [2.24, 2.45) is 0 Å². The Bertz CT molecular complexity index is 335. The number of carbonyl (C=O) groups excluding carboxylic acids is 1. The van der Waals surface area contributed by atoms with E-state index in [2.05, 4.69) is 0 Å². The molecule has 1 aliphatic heterocycles. The van der Waals surface area contributed by atoms with E-state index in [0.29, 0.717) is 17.8 Å². The Hall–Kier alpha value is -1.51. The Kier molecular flexibility index (Phi) is 1.93. The van der Waals surface area contributed by atoms with Crippen molar-refractivity contribution in [2.75, 3.05) is 0 Å². The zero-order chi connectivity index (χ0) is 9.26. The summed E-state index contributed by atoms with van der Waals surface area (Å²) in [5.41, 5.74) is 0.669. The molecule has 3 nitrogen and oxygen atoms in total. The van der Waals surface area contributed by atoms with Gasteiger partial charge in [-0.05, 0) is 19.1 Å². The summed E-state index contributed by atoms with van der Waals surface area (Å²) in [6.07, 6.45) is 3.20. The molecule has 0 spiro atoms. The first-order chi connectivity index (χ1) is 6.27. The highest BCUT2D eigenvalue weighted by Gasteiger charge is 2.23. The van der Waals surface area contributed by atoms with Gasteiger partial charge in [-0.15, -0.1) is 0 Å². The van der Waals surface area contributed by atoms with E-state index in [4.69, 9.17) is 9.15 Å². The van der Waals surface area contributed by atoms with Crippen LogP contribution in [0.25, 0.3) is 0 Å². The average molecular weight is 178 g/mol. The zero-order valence-electron chi connectivity index (χ0n) is 7.32. The third-order valence-electron chi connectivity index (χ3n) is 2.08. The summed E-state index contributed by atoms with van der Waals surface area (Å²) in [4.78, 5) is 11.3. The van der Waals surface area contributed by atoms with Gasteiger partial charge in [-0.25, -0.2) is 0 Å². The first-order valence-corrected chi connectivity index (χ1v) is 4.16. The number of allylic oxidation sites excluding steroid dienone is 1. The molecule has 1 unspecified atom stereocenters. The van der Waals surface area contributed by atoms with Gasteiger partial charge >= 0.3 is 0 Å². The van der Waals surface area contributed by atoms with E-state index in [-0.39, 0.29) is 11.9 Å². The quantitative estimate of drug-likeness (QED) is 0.661. The molecule has 2 heterocycles. The molecule has 0 saturated carbocycles. The maximum absolute atomic E-state index is 11.3. The number of ketones is 1. The van der Waals surface area contributed by atoms with Crippen molar-refractivity contribution in [2.45, 2.75) is 19.4 Å². The van der Waals surface area contributed by atoms with Crippen LogP contribution in [-0.2, 0) is 9.53 Å². The van der Waals surface area contributed by atoms with Gasteiger partial charge in [0.2, 0.25) is 0 Å². The minimum atomic E-state index is -0.244. The fourth-order valence-electron chi connectivity index (χ4n) is 1.27. The number of hydrogen-bond acceptors (Lipinski definition) is 3. The summed E-state index contributed by atoms with van der Waals surface area (Å²) < 4.78 is 10.5. The van der Waals surface area contributed by atoms with Crippen LogP contribution >= 0.6 is 0 Å². The van der Waals surface area contributed by atoms with E-state index in [1.807, 2.05) is 6.07 Å². The Morgan fingerprint density at radius 1 is 1.54 bits per heavy atom. The Balaban J connectivity index is 2.18. The molecular formula is C10H10O3. The third kappa shape index (κ3) is 1.49. The van der Waals surface area contributed by atoms with E-state index >= 15 is 0 Å². The fourth-order valence-corrected chi connectivity index (χ4v) is 1.27. The van der Waals surface area contributed by atoms with E-state index < -0.39 is 0 Å². The smallest absolute Gasteiger partial charge is 0.165 e. The highest BCUT2D eigenvalue weighted by atomic mass is 16.5. The molecule has 68 valence electrons. The molecule has 0 N–H and O–H groups in total. The van der Waals surface area contributed by atoms with Crippen molar-refractivity contribution < 1.29 is 13.9 Å². The zero-order valence-corrected chi connectivity index (χ0v) is 7.32. The van der Waals surface area contributed by atoms with Crippen LogP contribution < -0.4 is 0 Å². The molecule has 0 radical (unpaired) electrons. The van der Waals surface area contributed by atoms with E-state index in [1.165, 1.54) is 6.26 Å². The van der Waals surface area contributed by atoms with Crippen LogP contribution in [-0.4, -0.2) is 5.78 Å². The topological polar surface area (TPSA) is 39.4 Å². The highest BCUT2D eigenvalue weighted by Crippen LogP contribution is 2.27. The molecule has 2 rings (SSSR count). The molecule has 0 fully saturated rings. The van der Waals surface area contributed by atoms with Gasteiger partial charge in [-0.3, -0.25) is 4.79 Å². The van der Waals surface area contributed by atoms with Gasteiger partial charge in [-0.1, -0.05) is 0 Å². The lowest BCUT2D eigenvalue weighted by Crippen LogP contribution is -2.14. The Labute approximate surface area is 76.0 Å². The number of rotatable bonds is 1. The van der Waals surface area contributed by atoms with Crippen LogP contribution in [0, 0.1) is 0 Å². The van der Waals surface area contributed by atoms with Crippen LogP contribution in [0.5, 0.6) is 0 Å². The molecule has 0 bridgehead atoms. The summed E-state index contributed by atoms with van der Waals surface area (Å²) in [5.74, 6) is 0.824. The summed E-state index contributed by atoms with van der Waals surface area (Å²) in [6, 6.07) is 3.60. The first kappa shape index (κ1) is 8.10. The Morgan fingerprint density at radius 2 is 2.38 bits per heavy atom. The lowest BCUT2D eigenvalue weighted by atomic mass is 10.0. The summed E-state index contributed by atoms with van der Waals surface area (Å²) in [7, 11) is 0. The maximum Gasteiger partial charge on any atom is 0.165 e. The Morgan fingerprint density at radius 3 is 3.00 bits per heavy atom. The van der Waals surface area contributed by atoms with Gasteiger partial charge in [-0.2, -0.15) is 0 Å². The molecule has 1 aromatic rings. The minimum Gasteiger partial charge on any atom is -0.489 e. The maximum atomic E-state index is 11.3. The molecule has 1 aromatic heterocycles. The van der Waals surface area contributed by atoms with Crippen LogP contribution in [0.4, 0.5) is 0 Å². The SMILES string of the molecule is CC1=COC(c2ccco2)CC1=O. The molecule has 0 aliphatic carbocycles. The van der Waals surface area contributed by atoms with Gasteiger partial charge in [0.05, 0.1) is 18.9 Å². The van der Waals surface area contributed by atoms with Crippen molar-refractivity contribution in [3.63, 3.8) is 0 Å². The summed E-state index contributed by atoms with van der Waals surface area (Å²) in [6.45, 7) is 1.75. The highest BCUT2D eigenvalue weighted by molar-refractivity contribution is 5.95. The second-order valence-electron chi connectivity index (χ2n) is 3.07. The molecular weight excluding hydrogens is 168 g/mol. The lowest BCUT2D eigenvalue weighted by Gasteiger charge is -2.18. The second-order valence-corrected chi connectivity index (χ2v) is 3.07. The molecule has 13 heavy (non-hydrogen) atoms. The van der Waals surface area contributed by atoms with Gasteiger partial charge in [0, 0.05) is 5.57 Å². The molecule has 0 saturated heterocycles. The normalized spacial score (nSPS) is 22.4. The molecule has 3 heteroatoms. The third-order valence-corrected chi connectivity index (χ3v) is 2.08. The monoisotopic (exact) mass is 178 g/mol. The molecule has 1 aliphatic rings. The fraction of sp³-hybridized carbons (Fsp3) is 0.300. The number of Topliss-reactive ketones (excluding diaryl/α,β-unsaturated/α-hetero) is 1. The van der Waals surface area contributed by atoms with Crippen LogP contribution in [0.1, 0.15) is 25.2 Å². The number of carbonyl (C=O) groups is 1.